The van der Waals surface area contributed by atoms with Crippen LogP contribution in [0.3, 0.4) is 0 Å². The number of methoxy groups -OCH3 is 1. The zero-order chi connectivity index (χ0) is 19.8. The molecule has 5 nitrogen and oxygen atoms in total. The number of ether oxygens (including phenoxy) is 3. The maximum Gasteiger partial charge on any atom is 0.214 e. The summed E-state index contributed by atoms with van der Waals surface area (Å²) < 4.78 is 17.7. The molecule has 2 aliphatic rings. The number of fused-ring (bicyclic) bond motifs is 3. The molecule has 0 spiro atoms. The molecule has 3 heterocycles. The molecule has 0 bridgehead atoms. The summed E-state index contributed by atoms with van der Waals surface area (Å²) in [5, 5.41) is 9.17. The van der Waals surface area contributed by atoms with Gasteiger partial charge in [-0.3, -0.25) is 0 Å². The fourth-order valence-electron chi connectivity index (χ4n) is 3.95. The second-order valence-electron chi connectivity index (χ2n) is 6.97. The van der Waals surface area contributed by atoms with E-state index in [-0.39, 0.29) is 12.3 Å². The Kier molecular flexibility index (Phi) is 4.64. The monoisotopic (exact) mass is 406 g/mol. The topological polar surface area (TPSA) is 43.3 Å². The molecule has 3 aromatic rings. The number of benzene rings is 2. The van der Waals surface area contributed by atoms with Crippen LogP contribution in [0.4, 0.5) is 0 Å². The number of hydrogen-bond donors (Lipinski definition) is 0. The van der Waals surface area contributed by atoms with E-state index in [1.54, 1.807) is 18.4 Å². The Morgan fingerprint density at radius 2 is 2.00 bits per heavy atom. The van der Waals surface area contributed by atoms with E-state index in [1.165, 1.54) is 4.88 Å². The van der Waals surface area contributed by atoms with Crippen LogP contribution in [0.2, 0.25) is 0 Å². The summed E-state index contributed by atoms with van der Waals surface area (Å²) in [6.07, 6.45) is 0.523. The van der Waals surface area contributed by atoms with Gasteiger partial charge in [-0.05, 0) is 48.7 Å². The Labute approximate surface area is 174 Å². The lowest BCUT2D eigenvalue weighted by Gasteiger charge is -2.38. The molecule has 148 valence electrons. The first kappa shape index (κ1) is 18.1. The minimum atomic E-state index is -0.322. The second kappa shape index (κ2) is 7.44. The van der Waals surface area contributed by atoms with Crippen LogP contribution >= 0.6 is 11.3 Å². The molecule has 5 rings (SSSR count). The SMILES string of the molecule is CCOc1ccc([C@@H]2Oc3c(OC)cccc3[C@@H]3CC(c4cccs4)=NN32)cc1. The third-order valence-electron chi connectivity index (χ3n) is 5.28. The van der Waals surface area contributed by atoms with Crippen molar-refractivity contribution in [2.45, 2.75) is 25.6 Å². The summed E-state index contributed by atoms with van der Waals surface area (Å²) >= 11 is 1.72. The van der Waals surface area contributed by atoms with Crippen LogP contribution in [0, 0.1) is 0 Å². The van der Waals surface area contributed by atoms with Crippen LogP contribution in [0.1, 0.15) is 41.6 Å². The lowest BCUT2D eigenvalue weighted by atomic mass is 9.97. The zero-order valence-electron chi connectivity index (χ0n) is 16.4. The van der Waals surface area contributed by atoms with Crippen LogP contribution in [-0.2, 0) is 0 Å². The van der Waals surface area contributed by atoms with Crippen LogP contribution in [-0.4, -0.2) is 24.4 Å². The molecule has 1 aromatic heterocycles. The van der Waals surface area contributed by atoms with Crippen molar-refractivity contribution >= 4 is 17.0 Å². The average molecular weight is 407 g/mol. The highest BCUT2D eigenvalue weighted by Gasteiger charge is 2.42. The second-order valence-corrected chi connectivity index (χ2v) is 7.92. The number of hydrogen-bond acceptors (Lipinski definition) is 6. The summed E-state index contributed by atoms with van der Waals surface area (Å²) in [6.45, 7) is 2.63. The molecular weight excluding hydrogens is 384 g/mol. The predicted octanol–water partition coefficient (Wildman–Crippen LogP) is 5.40. The number of para-hydroxylation sites is 1. The van der Waals surface area contributed by atoms with E-state index in [1.807, 2.05) is 43.3 Å². The van der Waals surface area contributed by atoms with E-state index in [9.17, 15) is 0 Å². The molecule has 6 heteroatoms. The molecule has 2 atom stereocenters. The first-order chi connectivity index (χ1) is 14.3. The number of hydrazone groups is 1. The number of rotatable bonds is 5. The van der Waals surface area contributed by atoms with Crippen molar-refractivity contribution in [3.05, 3.63) is 76.0 Å². The highest BCUT2D eigenvalue weighted by Crippen LogP contribution is 2.50. The molecule has 0 N–H and O–H groups in total. The van der Waals surface area contributed by atoms with Gasteiger partial charge < -0.3 is 14.2 Å². The predicted molar refractivity (Wildman–Crippen MR) is 114 cm³/mol. The first-order valence-electron chi connectivity index (χ1n) is 9.74. The van der Waals surface area contributed by atoms with Crippen molar-refractivity contribution in [2.75, 3.05) is 13.7 Å². The van der Waals surface area contributed by atoms with Gasteiger partial charge in [-0.1, -0.05) is 18.2 Å². The first-order valence-corrected chi connectivity index (χ1v) is 10.6. The normalized spacial score (nSPS) is 19.8. The van der Waals surface area contributed by atoms with Crippen molar-refractivity contribution < 1.29 is 14.2 Å². The van der Waals surface area contributed by atoms with Gasteiger partial charge in [-0.15, -0.1) is 11.3 Å². The van der Waals surface area contributed by atoms with Crippen molar-refractivity contribution in [3.8, 4) is 17.2 Å². The molecule has 0 radical (unpaired) electrons. The maximum absolute atomic E-state index is 6.48. The minimum absolute atomic E-state index is 0.113. The Hall–Kier alpha value is -2.99. The van der Waals surface area contributed by atoms with Crippen molar-refractivity contribution in [1.82, 2.24) is 5.01 Å². The fourth-order valence-corrected chi connectivity index (χ4v) is 4.67. The lowest BCUT2D eigenvalue weighted by Crippen LogP contribution is -2.33. The van der Waals surface area contributed by atoms with E-state index in [0.717, 1.165) is 40.5 Å². The van der Waals surface area contributed by atoms with E-state index < -0.39 is 0 Å². The standard InChI is InChI=1S/C23H22N2O3S/c1-3-27-16-11-9-15(10-12-16)23-25-19(14-18(24-25)21-8-5-13-29-21)17-6-4-7-20(26-2)22(17)28-23/h4-13,19,23H,3,14H2,1-2H3/t19-,23-/m0/s1. The van der Waals surface area contributed by atoms with Gasteiger partial charge in [0.2, 0.25) is 6.23 Å². The molecule has 0 aliphatic carbocycles. The minimum Gasteiger partial charge on any atom is -0.494 e. The molecule has 0 unspecified atom stereocenters. The molecule has 0 fully saturated rings. The number of nitrogens with zero attached hydrogens (tertiary/aromatic N) is 2. The van der Waals surface area contributed by atoms with E-state index in [0.29, 0.717) is 6.61 Å². The summed E-state index contributed by atoms with van der Waals surface area (Å²) in [5.41, 5.74) is 3.24. The van der Waals surface area contributed by atoms with Gasteiger partial charge in [-0.25, -0.2) is 5.01 Å². The van der Waals surface area contributed by atoms with E-state index in [2.05, 4.69) is 28.6 Å². The smallest absolute Gasteiger partial charge is 0.214 e. The summed E-state index contributed by atoms with van der Waals surface area (Å²) in [5.74, 6) is 2.41. The molecule has 2 aromatic carbocycles. The third-order valence-corrected chi connectivity index (χ3v) is 6.20. The Balaban J connectivity index is 1.57. The molecular formula is C23H22N2O3S. The van der Waals surface area contributed by atoms with Gasteiger partial charge in [0.05, 0.1) is 30.3 Å². The Bertz CT molecular complexity index is 1030. The zero-order valence-corrected chi connectivity index (χ0v) is 17.2. The third kappa shape index (κ3) is 3.13. The molecule has 2 aliphatic heterocycles. The summed E-state index contributed by atoms with van der Waals surface area (Å²) in [7, 11) is 1.68. The Morgan fingerprint density at radius 3 is 2.72 bits per heavy atom. The maximum atomic E-state index is 6.48. The van der Waals surface area contributed by atoms with E-state index in [4.69, 9.17) is 19.3 Å². The highest BCUT2D eigenvalue weighted by atomic mass is 32.1. The molecule has 0 saturated carbocycles. The number of thiophene rings is 1. The highest BCUT2D eigenvalue weighted by molar-refractivity contribution is 7.12. The lowest BCUT2D eigenvalue weighted by molar-refractivity contribution is -0.0209. The van der Waals surface area contributed by atoms with Gasteiger partial charge in [-0.2, -0.15) is 5.10 Å². The van der Waals surface area contributed by atoms with Crippen molar-refractivity contribution in [2.24, 2.45) is 5.10 Å². The van der Waals surface area contributed by atoms with Crippen LogP contribution in [0.5, 0.6) is 17.2 Å². The quantitative estimate of drug-likeness (QED) is 0.569. The van der Waals surface area contributed by atoms with Gasteiger partial charge in [0, 0.05) is 17.5 Å². The average Bonchev–Trinajstić information content (AvgIpc) is 3.43. The fraction of sp³-hybridized carbons (Fsp3) is 0.261. The summed E-state index contributed by atoms with van der Waals surface area (Å²) in [4.78, 5) is 1.20. The van der Waals surface area contributed by atoms with Crippen molar-refractivity contribution in [1.29, 1.82) is 0 Å². The molecule has 29 heavy (non-hydrogen) atoms. The largest absolute Gasteiger partial charge is 0.494 e. The van der Waals surface area contributed by atoms with Gasteiger partial charge in [0.15, 0.2) is 11.5 Å². The molecule has 0 amide bonds. The van der Waals surface area contributed by atoms with Gasteiger partial charge in [0.1, 0.15) is 5.75 Å². The van der Waals surface area contributed by atoms with Crippen LogP contribution in [0.15, 0.2) is 65.1 Å². The van der Waals surface area contributed by atoms with Crippen molar-refractivity contribution in [3.63, 3.8) is 0 Å². The van der Waals surface area contributed by atoms with E-state index >= 15 is 0 Å². The van der Waals surface area contributed by atoms with Gasteiger partial charge in [0.25, 0.3) is 0 Å². The Morgan fingerprint density at radius 1 is 1.14 bits per heavy atom. The van der Waals surface area contributed by atoms with Gasteiger partial charge >= 0.3 is 0 Å². The van der Waals surface area contributed by atoms with Crippen LogP contribution < -0.4 is 14.2 Å². The molecule has 0 saturated heterocycles. The van der Waals surface area contributed by atoms with Crippen LogP contribution in [0.25, 0.3) is 0 Å². The summed E-state index contributed by atoms with van der Waals surface area (Å²) in [6, 6.07) is 18.4.